The summed E-state index contributed by atoms with van der Waals surface area (Å²) >= 11 is 0. The molecule has 0 aromatic heterocycles. The molecule has 0 spiro atoms. The molecule has 114 valence electrons. The minimum atomic E-state index is -1.01. The molecule has 3 atom stereocenters. The van der Waals surface area contributed by atoms with Crippen molar-refractivity contribution in [2.45, 2.75) is 37.9 Å². The van der Waals surface area contributed by atoms with E-state index in [-0.39, 0.29) is 12.5 Å². The number of fused-ring (bicyclic) bond motifs is 1. The van der Waals surface area contributed by atoms with Gasteiger partial charge in [0.2, 0.25) is 0 Å². The van der Waals surface area contributed by atoms with E-state index in [0.717, 1.165) is 0 Å². The van der Waals surface area contributed by atoms with Crippen LogP contribution in [0.4, 0.5) is 0 Å². The summed E-state index contributed by atoms with van der Waals surface area (Å²) in [6.45, 7) is 3.89. The summed E-state index contributed by atoms with van der Waals surface area (Å²) in [5, 5.41) is 22.5. The lowest BCUT2D eigenvalue weighted by Gasteiger charge is -2.21. The van der Waals surface area contributed by atoms with E-state index in [1.807, 2.05) is 0 Å². The number of aliphatic hydroxyl groups is 2. The molecule has 1 unspecified atom stereocenters. The lowest BCUT2D eigenvalue weighted by atomic mass is 9.94. The fourth-order valence-electron chi connectivity index (χ4n) is 2.57. The molecule has 1 aromatic rings. The van der Waals surface area contributed by atoms with Crippen LogP contribution in [0.2, 0.25) is 0 Å². The van der Waals surface area contributed by atoms with E-state index in [0.29, 0.717) is 23.3 Å². The molecule has 1 fully saturated rings. The Balaban J connectivity index is 1.85. The Morgan fingerprint density at radius 2 is 2.14 bits per heavy atom. The quantitative estimate of drug-likeness (QED) is 0.752. The first-order chi connectivity index (χ1) is 9.86. The monoisotopic (exact) mass is 293 g/mol. The van der Waals surface area contributed by atoms with Gasteiger partial charge in [-0.3, -0.25) is 4.79 Å². The molecule has 2 heterocycles. The molecule has 2 aliphatic rings. The van der Waals surface area contributed by atoms with Crippen LogP contribution in [-0.4, -0.2) is 41.5 Å². The van der Waals surface area contributed by atoms with Crippen molar-refractivity contribution in [3.05, 3.63) is 34.9 Å². The molecule has 0 bridgehead atoms. The van der Waals surface area contributed by atoms with Gasteiger partial charge in [0.15, 0.2) is 6.23 Å². The molecule has 1 amide bonds. The van der Waals surface area contributed by atoms with E-state index in [4.69, 9.17) is 9.47 Å². The number of hydrogen-bond acceptors (Lipinski definition) is 5. The molecular weight excluding hydrogens is 274 g/mol. The number of nitrogens with one attached hydrogen (secondary N) is 1. The second kappa shape index (κ2) is 5.06. The van der Waals surface area contributed by atoms with Gasteiger partial charge in [-0.1, -0.05) is 12.1 Å². The summed E-state index contributed by atoms with van der Waals surface area (Å²) in [7, 11) is 0. The van der Waals surface area contributed by atoms with E-state index in [9.17, 15) is 15.0 Å². The van der Waals surface area contributed by atoms with Gasteiger partial charge < -0.3 is 25.0 Å². The maximum Gasteiger partial charge on any atom is 0.253 e. The van der Waals surface area contributed by atoms with Gasteiger partial charge in [-0.05, 0) is 25.5 Å². The highest BCUT2D eigenvalue weighted by atomic mass is 16.6. The van der Waals surface area contributed by atoms with Gasteiger partial charge in [0, 0.05) is 11.1 Å². The van der Waals surface area contributed by atoms with Crippen molar-refractivity contribution in [2.24, 2.45) is 0 Å². The number of rotatable bonds is 3. The van der Waals surface area contributed by atoms with E-state index >= 15 is 0 Å². The topological polar surface area (TPSA) is 88.0 Å². The minimum absolute atomic E-state index is 0.241. The highest BCUT2D eigenvalue weighted by Gasteiger charge is 2.36. The predicted octanol–water partition coefficient (Wildman–Crippen LogP) is 0.432. The Morgan fingerprint density at radius 3 is 2.76 bits per heavy atom. The molecule has 1 aromatic carbocycles. The molecular formula is C15H19NO5. The fourth-order valence-corrected chi connectivity index (χ4v) is 2.57. The van der Waals surface area contributed by atoms with Crippen molar-refractivity contribution >= 4 is 5.91 Å². The van der Waals surface area contributed by atoms with Crippen LogP contribution in [0.15, 0.2) is 18.2 Å². The first-order valence-corrected chi connectivity index (χ1v) is 6.95. The van der Waals surface area contributed by atoms with Crippen molar-refractivity contribution < 1.29 is 24.5 Å². The zero-order valence-corrected chi connectivity index (χ0v) is 12.0. The third kappa shape index (κ3) is 2.67. The van der Waals surface area contributed by atoms with Crippen LogP contribution in [0.3, 0.4) is 0 Å². The molecule has 3 N–H and O–H groups in total. The normalized spacial score (nSPS) is 28.6. The standard InChI is InChI=1S/C15H19NO5/c1-15(2,19)8-3-4-9-10(5-8)13(18)16-14(9)21-12-7-20-6-11(12)17/h3-5,11-12,14,17,19H,6-7H2,1-2H3,(H,16,18)/t11-,12+,14?/m1/s1. The third-order valence-electron chi connectivity index (χ3n) is 3.86. The average Bonchev–Trinajstić information content (AvgIpc) is 2.94. The number of benzene rings is 1. The third-order valence-corrected chi connectivity index (χ3v) is 3.86. The van der Waals surface area contributed by atoms with E-state index in [2.05, 4.69) is 5.32 Å². The van der Waals surface area contributed by atoms with Crippen LogP contribution in [0, 0.1) is 0 Å². The van der Waals surface area contributed by atoms with Crippen LogP contribution in [0.25, 0.3) is 0 Å². The summed E-state index contributed by atoms with van der Waals surface area (Å²) in [5.74, 6) is -0.241. The molecule has 6 heteroatoms. The van der Waals surface area contributed by atoms with Gasteiger partial charge >= 0.3 is 0 Å². The van der Waals surface area contributed by atoms with Gasteiger partial charge in [0.25, 0.3) is 5.91 Å². The Morgan fingerprint density at radius 1 is 1.38 bits per heavy atom. The Hall–Kier alpha value is -1.47. The molecule has 0 radical (unpaired) electrons. The fraction of sp³-hybridized carbons (Fsp3) is 0.533. The second-order valence-electron chi connectivity index (χ2n) is 5.99. The van der Waals surface area contributed by atoms with E-state index < -0.39 is 24.0 Å². The van der Waals surface area contributed by atoms with Gasteiger partial charge in [-0.25, -0.2) is 0 Å². The minimum Gasteiger partial charge on any atom is -0.388 e. The second-order valence-corrected chi connectivity index (χ2v) is 5.99. The summed E-state index contributed by atoms with van der Waals surface area (Å²) in [4.78, 5) is 12.0. The molecule has 21 heavy (non-hydrogen) atoms. The first-order valence-electron chi connectivity index (χ1n) is 6.95. The van der Waals surface area contributed by atoms with E-state index in [1.54, 1.807) is 32.0 Å². The Kier molecular flexibility index (Phi) is 3.49. The number of ether oxygens (including phenoxy) is 2. The molecule has 6 nitrogen and oxygen atoms in total. The predicted molar refractivity (Wildman–Crippen MR) is 73.6 cm³/mol. The highest BCUT2D eigenvalue weighted by molar-refractivity contribution is 5.99. The molecule has 2 aliphatic heterocycles. The van der Waals surface area contributed by atoms with Crippen LogP contribution < -0.4 is 5.32 Å². The molecule has 0 saturated carbocycles. The van der Waals surface area contributed by atoms with Gasteiger partial charge in [-0.2, -0.15) is 0 Å². The Bertz CT molecular complexity index is 566. The van der Waals surface area contributed by atoms with Gasteiger partial charge in [-0.15, -0.1) is 0 Å². The van der Waals surface area contributed by atoms with Crippen LogP contribution >= 0.6 is 0 Å². The van der Waals surface area contributed by atoms with Crippen LogP contribution in [0.5, 0.6) is 0 Å². The van der Waals surface area contributed by atoms with Crippen LogP contribution in [0.1, 0.15) is 41.6 Å². The zero-order valence-electron chi connectivity index (χ0n) is 12.0. The maximum atomic E-state index is 12.0. The molecule has 1 saturated heterocycles. The van der Waals surface area contributed by atoms with Crippen molar-refractivity contribution in [1.82, 2.24) is 5.32 Å². The summed E-state index contributed by atoms with van der Waals surface area (Å²) in [6.07, 6.45) is -1.72. The summed E-state index contributed by atoms with van der Waals surface area (Å²) in [5.41, 5.74) is 0.866. The first kappa shape index (κ1) is 14.5. The summed E-state index contributed by atoms with van der Waals surface area (Å²) < 4.78 is 10.9. The SMILES string of the molecule is CC(C)(O)c1ccc2c(c1)C(=O)NC2O[C@H]1COC[C@H]1O. The van der Waals surface area contributed by atoms with Crippen molar-refractivity contribution in [1.29, 1.82) is 0 Å². The zero-order chi connectivity index (χ0) is 15.2. The number of aliphatic hydroxyl groups excluding tert-OH is 1. The highest BCUT2D eigenvalue weighted by Crippen LogP contribution is 2.32. The van der Waals surface area contributed by atoms with Crippen molar-refractivity contribution in [2.75, 3.05) is 13.2 Å². The number of carbonyl (C=O) groups is 1. The van der Waals surface area contributed by atoms with Crippen molar-refractivity contribution in [3.63, 3.8) is 0 Å². The lowest BCUT2D eigenvalue weighted by molar-refractivity contribution is -0.0635. The largest absolute Gasteiger partial charge is 0.388 e. The van der Waals surface area contributed by atoms with Gasteiger partial charge in [0.05, 0.1) is 18.8 Å². The van der Waals surface area contributed by atoms with E-state index in [1.165, 1.54) is 0 Å². The number of carbonyl (C=O) groups excluding carboxylic acids is 1. The average molecular weight is 293 g/mol. The smallest absolute Gasteiger partial charge is 0.253 e. The summed E-state index contributed by atoms with van der Waals surface area (Å²) in [6, 6.07) is 5.22. The van der Waals surface area contributed by atoms with Crippen LogP contribution in [-0.2, 0) is 15.1 Å². The van der Waals surface area contributed by atoms with Gasteiger partial charge in [0.1, 0.15) is 12.2 Å². The maximum absolute atomic E-state index is 12.0. The number of amides is 1. The Labute approximate surface area is 122 Å². The molecule has 0 aliphatic carbocycles. The lowest BCUT2D eigenvalue weighted by Crippen LogP contribution is -2.32. The van der Waals surface area contributed by atoms with Crippen molar-refractivity contribution in [3.8, 4) is 0 Å². The number of hydrogen-bond donors (Lipinski definition) is 3. The molecule has 3 rings (SSSR count).